The summed E-state index contributed by atoms with van der Waals surface area (Å²) in [5, 5.41) is 4.99. The van der Waals surface area contributed by atoms with Crippen LogP contribution in [0.25, 0.3) is 0 Å². The number of rotatable bonds is 3. The van der Waals surface area contributed by atoms with Crippen LogP contribution < -0.4 is 15.4 Å². The second-order valence-corrected chi connectivity index (χ2v) is 6.45. The third-order valence-corrected chi connectivity index (χ3v) is 4.22. The number of carbonyl (C=O) groups excluding carboxylic acids is 2. The number of halogens is 3. The molecule has 130 valence electrons. The molecule has 0 saturated carbocycles. The normalized spacial score (nSPS) is 15.8. The minimum atomic E-state index is -1.04. The van der Waals surface area contributed by atoms with Gasteiger partial charge in [0, 0.05) is 10.5 Å². The first-order chi connectivity index (χ1) is 11.8. The fourth-order valence-corrected chi connectivity index (χ4v) is 2.93. The molecule has 0 fully saturated rings. The van der Waals surface area contributed by atoms with Crippen LogP contribution in [0.4, 0.5) is 20.2 Å². The number of anilines is 2. The van der Waals surface area contributed by atoms with E-state index in [1.165, 1.54) is 0 Å². The fourth-order valence-electron chi connectivity index (χ4n) is 2.42. The van der Waals surface area contributed by atoms with Gasteiger partial charge in [-0.3, -0.25) is 9.59 Å². The molecule has 0 spiro atoms. The molecule has 0 bridgehead atoms. The van der Waals surface area contributed by atoms with E-state index in [1.807, 2.05) is 13.0 Å². The molecular weight excluding hydrogens is 398 g/mol. The lowest BCUT2D eigenvalue weighted by Gasteiger charge is -2.25. The van der Waals surface area contributed by atoms with E-state index in [0.29, 0.717) is 17.5 Å². The first kappa shape index (κ1) is 17.3. The summed E-state index contributed by atoms with van der Waals surface area (Å²) in [6.07, 6.45) is -1.36. The minimum Gasteiger partial charge on any atom is -0.478 e. The van der Waals surface area contributed by atoms with Crippen molar-refractivity contribution in [2.45, 2.75) is 19.4 Å². The second kappa shape index (κ2) is 6.79. The van der Waals surface area contributed by atoms with Crippen LogP contribution in [-0.2, 0) is 9.59 Å². The average molecular weight is 411 g/mol. The molecule has 2 amide bonds. The first-order valence-electron chi connectivity index (χ1n) is 7.36. The number of hydrogen-bond donors (Lipinski definition) is 2. The molecule has 0 radical (unpaired) electrons. The van der Waals surface area contributed by atoms with Gasteiger partial charge in [-0.25, -0.2) is 8.78 Å². The number of carbonyl (C=O) groups is 2. The number of ether oxygens (including phenoxy) is 1. The molecule has 5 nitrogen and oxygen atoms in total. The maximum absolute atomic E-state index is 13.8. The molecule has 8 heteroatoms. The van der Waals surface area contributed by atoms with Crippen LogP contribution in [0.3, 0.4) is 0 Å². The molecule has 0 saturated heterocycles. The number of nitrogens with one attached hydrogen (secondary N) is 2. The monoisotopic (exact) mass is 410 g/mol. The Bertz CT molecular complexity index is 850. The maximum Gasteiger partial charge on any atom is 0.266 e. The number of amides is 2. The Kier molecular flexibility index (Phi) is 4.71. The minimum absolute atomic E-state index is 0.0631. The van der Waals surface area contributed by atoms with Gasteiger partial charge in [-0.15, -0.1) is 0 Å². The van der Waals surface area contributed by atoms with E-state index in [4.69, 9.17) is 4.74 Å². The van der Waals surface area contributed by atoms with Crippen LogP contribution >= 0.6 is 15.9 Å². The van der Waals surface area contributed by atoms with Crippen LogP contribution in [0.5, 0.6) is 5.75 Å². The molecule has 1 atom stereocenters. The van der Waals surface area contributed by atoms with E-state index >= 15 is 0 Å². The molecule has 1 aliphatic rings. The number of fused-ring (bicyclic) bond motifs is 1. The van der Waals surface area contributed by atoms with E-state index in [1.54, 1.807) is 12.1 Å². The van der Waals surface area contributed by atoms with E-state index < -0.39 is 29.6 Å². The van der Waals surface area contributed by atoms with Crippen LogP contribution in [0.1, 0.15) is 12.0 Å². The zero-order valence-corrected chi connectivity index (χ0v) is 14.6. The Morgan fingerprint density at radius 1 is 1.32 bits per heavy atom. The van der Waals surface area contributed by atoms with Gasteiger partial charge in [0.1, 0.15) is 11.6 Å². The zero-order chi connectivity index (χ0) is 18.1. The van der Waals surface area contributed by atoms with Crippen molar-refractivity contribution in [3.05, 3.63) is 52.0 Å². The highest BCUT2D eigenvalue weighted by Crippen LogP contribution is 2.31. The van der Waals surface area contributed by atoms with Gasteiger partial charge in [0.05, 0.1) is 17.8 Å². The number of aryl methyl sites for hydroxylation is 1. The Morgan fingerprint density at radius 2 is 2.08 bits per heavy atom. The summed E-state index contributed by atoms with van der Waals surface area (Å²) in [6, 6.07) is 6.96. The third-order valence-electron chi connectivity index (χ3n) is 3.60. The van der Waals surface area contributed by atoms with Crippen LogP contribution in [0.15, 0.2) is 34.8 Å². The summed E-state index contributed by atoms with van der Waals surface area (Å²) < 4.78 is 32.5. The second-order valence-electron chi connectivity index (χ2n) is 5.59. The summed E-state index contributed by atoms with van der Waals surface area (Å²) in [7, 11) is 0. The highest BCUT2D eigenvalue weighted by molar-refractivity contribution is 9.10. The Balaban J connectivity index is 1.71. The van der Waals surface area contributed by atoms with Crippen molar-refractivity contribution in [2.75, 3.05) is 10.6 Å². The quantitative estimate of drug-likeness (QED) is 0.809. The van der Waals surface area contributed by atoms with E-state index in [9.17, 15) is 18.4 Å². The third kappa shape index (κ3) is 3.79. The average Bonchev–Trinajstić information content (AvgIpc) is 2.52. The molecule has 2 N–H and O–H groups in total. The predicted molar refractivity (Wildman–Crippen MR) is 91.5 cm³/mol. The van der Waals surface area contributed by atoms with Gasteiger partial charge >= 0.3 is 0 Å². The van der Waals surface area contributed by atoms with Crippen LogP contribution in [-0.4, -0.2) is 17.9 Å². The molecule has 25 heavy (non-hydrogen) atoms. The summed E-state index contributed by atoms with van der Waals surface area (Å²) in [5.74, 6) is -2.34. The van der Waals surface area contributed by atoms with Crippen molar-refractivity contribution < 1.29 is 23.1 Å². The Labute approximate surface area is 150 Å². The number of hydrogen-bond acceptors (Lipinski definition) is 3. The molecular formula is C17H13BrF2N2O3. The lowest BCUT2D eigenvalue weighted by atomic mass is 10.1. The molecule has 2 aromatic rings. The molecule has 1 aliphatic heterocycles. The van der Waals surface area contributed by atoms with Crippen molar-refractivity contribution in [3.8, 4) is 5.75 Å². The molecule has 0 unspecified atom stereocenters. The summed E-state index contributed by atoms with van der Waals surface area (Å²) in [6.45, 7) is 1.88. The van der Waals surface area contributed by atoms with Gasteiger partial charge < -0.3 is 15.4 Å². The van der Waals surface area contributed by atoms with Gasteiger partial charge in [0.2, 0.25) is 5.91 Å². The predicted octanol–water partition coefficient (Wildman–Crippen LogP) is 3.76. The largest absolute Gasteiger partial charge is 0.478 e. The Morgan fingerprint density at radius 3 is 2.80 bits per heavy atom. The topological polar surface area (TPSA) is 67.4 Å². The van der Waals surface area contributed by atoms with Crippen molar-refractivity contribution in [1.29, 1.82) is 0 Å². The first-order valence-corrected chi connectivity index (χ1v) is 8.15. The Hall–Kier alpha value is -2.48. The van der Waals surface area contributed by atoms with Crippen molar-refractivity contribution in [1.82, 2.24) is 0 Å². The SMILES string of the molecule is Cc1ccc2c(c1)NC(=O)[C@H](CC(=O)Nc1c(F)cc(F)cc1Br)O2. The van der Waals surface area contributed by atoms with Crippen LogP contribution in [0, 0.1) is 18.6 Å². The molecule has 3 rings (SSSR count). The van der Waals surface area contributed by atoms with Crippen LogP contribution in [0.2, 0.25) is 0 Å². The van der Waals surface area contributed by atoms with Gasteiger partial charge in [-0.2, -0.15) is 0 Å². The van der Waals surface area contributed by atoms with Gasteiger partial charge in [0.15, 0.2) is 11.9 Å². The molecule has 0 aromatic heterocycles. The highest BCUT2D eigenvalue weighted by Gasteiger charge is 2.30. The molecule has 0 aliphatic carbocycles. The summed E-state index contributed by atoms with van der Waals surface area (Å²) >= 11 is 2.99. The fraction of sp³-hybridized carbons (Fsp3) is 0.176. The van der Waals surface area contributed by atoms with E-state index in [0.717, 1.165) is 11.6 Å². The van der Waals surface area contributed by atoms with Gasteiger partial charge in [-0.05, 0) is 46.6 Å². The highest BCUT2D eigenvalue weighted by atomic mass is 79.9. The standard InChI is InChI=1S/C17H13BrF2N2O3/c1-8-2-3-13-12(4-8)21-17(24)14(25-13)7-15(23)22-16-10(18)5-9(19)6-11(16)20/h2-6,14H,7H2,1H3,(H,21,24)(H,22,23)/t14-/m0/s1. The van der Waals surface area contributed by atoms with E-state index in [-0.39, 0.29) is 16.6 Å². The zero-order valence-electron chi connectivity index (χ0n) is 13.0. The van der Waals surface area contributed by atoms with Crippen molar-refractivity contribution in [2.24, 2.45) is 0 Å². The smallest absolute Gasteiger partial charge is 0.266 e. The molecule has 1 heterocycles. The van der Waals surface area contributed by atoms with E-state index in [2.05, 4.69) is 26.6 Å². The van der Waals surface area contributed by atoms with Crippen molar-refractivity contribution in [3.63, 3.8) is 0 Å². The lowest BCUT2D eigenvalue weighted by molar-refractivity contribution is -0.128. The maximum atomic E-state index is 13.8. The number of benzene rings is 2. The molecule has 2 aromatic carbocycles. The lowest BCUT2D eigenvalue weighted by Crippen LogP contribution is -2.39. The summed E-state index contributed by atoms with van der Waals surface area (Å²) in [4.78, 5) is 24.2. The summed E-state index contributed by atoms with van der Waals surface area (Å²) in [5.41, 5.74) is 1.29. The van der Waals surface area contributed by atoms with Gasteiger partial charge in [0.25, 0.3) is 5.91 Å². The van der Waals surface area contributed by atoms with Crippen molar-refractivity contribution >= 4 is 39.1 Å². The van der Waals surface area contributed by atoms with Gasteiger partial charge in [-0.1, -0.05) is 6.07 Å².